The molecule has 4 heteroatoms. The van der Waals surface area contributed by atoms with Crippen LogP contribution in [0.4, 0.5) is 0 Å². The molecule has 0 unspecified atom stereocenters. The lowest BCUT2D eigenvalue weighted by molar-refractivity contribution is 0.0348. The fraction of sp³-hybridized carbons (Fsp3) is 1.00. The third-order valence-corrected chi connectivity index (χ3v) is 5.15. The summed E-state index contributed by atoms with van der Waals surface area (Å²) in [6, 6.07) is 0. The van der Waals surface area contributed by atoms with E-state index in [0.717, 1.165) is 26.2 Å². The first-order valence-corrected chi connectivity index (χ1v) is 8.47. The molecule has 1 aliphatic heterocycles. The van der Waals surface area contributed by atoms with Crippen LogP contribution in [0.1, 0.15) is 40.0 Å². The summed E-state index contributed by atoms with van der Waals surface area (Å²) in [5, 5.41) is 0. The highest BCUT2D eigenvalue weighted by atomic mass is 15.2. The molecule has 4 nitrogen and oxygen atoms in total. The van der Waals surface area contributed by atoms with Gasteiger partial charge in [0, 0.05) is 12.1 Å². The molecule has 0 saturated carbocycles. The second kappa shape index (κ2) is 8.98. The van der Waals surface area contributed by atoms with Crippen molar-refractivity contribution >= 4 is 0 Å². The quantitative estimate of drug-likeness (QED) is 0.695. The monoisotopic (exact) mass is 284 g/mol. The second-order valence-electron chi connectivity index (χ2n) is 6.19. The van der Waals surface area contributed by atoms with Crippen molar-refractivity contribution in [2.45, 2.75) is 45.6 Å². The lowest BCUT2D eigenvalue weighted by Gasteiger charge is -2.48. The standard InChI is InChI=1S/C16H36N4/c1-5-19(6-2)11-8-12-20(7-3)16(15-17)9-13-18(4)14-10-16/h5-15,17H2,1-4H3. The van der Waals surface area contributed by atoms with Crippen LogP contribution in [0.15, 0.2) is 0 Å². The van der Waals surface area contributed by atoms with Crippen molar-refractivity contribution in [2.75, 3.05) is 59.4 Å². The Bertz CT molecular complexity index is 245. The Labute approximate surface area is 126 Å². The minimum Gasteiger partial charge on any atom is -0.329 e. The molecule has 1 heterocycles. The predicted octanol–water partition coefficient (Wildman–Crippen LogP) is 1.46. The van der Waals surface area contributed by atoms with Crippen molar-refractivity contribution in [1.82, 2.24) is 14.7 Å². The van der Waals surface area contributed by atoms with Gasteiger partial charge < -0.3 is 15.5 Å². The van der Waals surface area contributed by atoms with Crippen LogP contribution in [0.2, 0.25) is 0 Å². The number of likely N-dealkylation sites (tertiary alicyclic amines) is 1. The van der Waals surface area contributed by atoms with Gasteiger partial charge in [0.1, 0.15) is 0 Å². The van der Waals surface area contributed by atoms with Gasteiger partial charge in [0.25, 0.3) is 0 Å². The summed E-state index contributed by atoms with van der Waals surface area (Å²) >= 11 is 0. The van der Waals surface area contributed by atoms with E-state index in [0.29, 0.717) is 0 Å². The Hall–Kier alpha value is -0.160. The van der Waals surface area contributed by atoms with E-state index in [9.17, 15) is 0 Å². The third-order valence-electron chi connectivity index (χ3n) is 5.15. The summed E-state index contributed by atoms with van der Waals surface area (Å²) in [6.07, 6.45) is 3.70. The fourth-order valence-corrected chi connectivity index (χ4v) is 3.44. The van der Waals surface area contributed by atoms with Crippen molar-refractivity contribution in [3.63, 3.8) is 0 Å². The molecule has 0 atom stereocenters. The summed E-state index contributed by atoms with van der Waals surface area (Å²) in [5.74, 6) is 0. The van der Waals surface area contributed by atoms with Gasteiger partial charge in [0.05, 0.1) is 0 Å². The minimum atomic E-state index is 0.254. The fourth-order valence-electron chi connectivity index (χ4n) is 3.44. The van der Waals surface area contributed by atoms with E-state index in [1.807, 2.05) is 0 Å². The highest BCUT2D eigenvalue weighted by molar-refractivity contribution is 4.95. The van der Waals surface area contributed by atoms with E-state index in [2.05, 4.69) is 42.5 Å². The molecule has 0 amide bonds. The Morgan fingerprint density at radius 1 is 1.00 bits per heavy atom. The third kappa shape index (κ3) is 4.69. The van der Waals surface area contributed by atoms with Gasteiger partial charge in [-0.3, -0.25) is 4.90 Å². The number of nitrogens with zero attached hydrogens (tertiary/aromatic N) is 3. The highest BCUT2D eigenvalue weighted by Gasteiger charge is 2.36. The van der Waals surface area contributed by atoms with Crippen molar-refractivity contribution in [3.8, 4) is 0 Å². The van der Waals surface area contributed by atoms with E-state index in [1.54, 1.807) is 0 Å². The van der Waals surface area contributed by atoms with Crippen LogP contribution < -0.4 is 5.73 Å². The van der Waals surface area contributed by atoms with Gasteiger partial charge in [-0.2, -0.15) is 0 Å². The summed E-state index contributed by atoms with van der Waals surface area (Å²) in [6.45, 7) is 15.8. The van der Waals surface area contributed by atoms with E-state index < -0.39 is 0 Å². The van der Waals surface area contributed by atoms with E-state index in [-0.39, 0.29) is 5.54 Å². The van der Waals surface area contributed by atoms with Gasteiger partial charge >= 0.3 is 0 Å². The molecule has 1 fully saturated rings. The molecule has 0 radical (unpaired) electrons. The first-order valence-electron chi connectivity index (χ1n) is 8.47. The number of nitrogens with two attached hydrogens (primary N) is 1. The van der Waals surface area contributed by atoms with E-state index in [4.69, 9.17) is 5.73 Å². The van der Waals surface area contributed by atoms with Crippen molar-refractivity contribution in [2.24, 2.45) is 5.73 Å². The number of hydrogen-bond acceptors (Lipinski definition) is 4. The largest absolute Gasteiger partial charge is 0.329 e. The Kier molecular flexibility index (Phi) is 8.03. The first-order chi connectivity index (χ1) is 9.61. The summed E-state index contributed by atoms with van der Waals surface area (Å²) in [5.41, 5.74) is 6.43. The number of likely N-dealkylation sites (N-methyl/N-ethyl adjacent to an activating group) is 1. The summed E-state index contributed by atoms with van der Waals surface area (Å²) in [7, 11) is 2.22. The smallest absolute Gasteiger partial charge is 0.0355 e. The van der Waals surface area contributed by atoms with Gasteiger partial charge in [0.15, 0.2) is 0 Å². The Morgan fingerprint density at radius 3 is 2.05 bits per heavy atom. The van der Waals surface area contributed by atoms with Gasteiger partial charge in [-0.1, -0.05) is 20.8 Å². The minimum absolute atomic E-state index is 0.254. The molecule has 1 saturated heterocycles. The molecule has 1 aliphatic rings. The predicted molar refractivity (Wildman–Crippen MR) is 88.2 cm³/mol. The molecule has 120 valence electrons. The molecule has 0 aromatic rings. The first kappa shape index (κ1) is 17.9. The molecule has 0 aromatic heterocycles. The van der Waals surface area contributed by atoms with Crippen LogP contribution in [-0.2, 0) is 0 Å². The zero-order valence-corrected chi connectivity index (χ0v) is 14.2. The number of piperidine rings is 1. The zero-order chi connectivity index (χ0) is 15.0. The lowest BCUT2D eigenvalue weighted by Crippen LogP contribution is -2.59. The van der Waals surface area contributed by atoms with E-state index >= 15 is 0 Å². The molecule has 1 rings (SSSR count). The average Bonchev–Trinajstić information content (AvgIpc) is 2.49. The molecule has 0 aromatic carbocycles. The van der Waals surface area contributed by atoms with Gasteiger partial charge in [-0.05, 0) is 72.1 Å². The van der Waals surface area contributed by atoms with Gasteiger partial charge in [-0.15, -0.1) is 0 Å². The SMILES string of the molecule is CCN(CC)CCCN(CC)C1(CN)CCN(C)CC1. The normalized spacial score (nSPS) is 19.9. The topological polar surface area (TPSA) is 35.7 Å². The molecule has 2 N–H and O–H groups in total. The lowest BCUT2D eigenvalue weighted by atomic mass is 9.85. The molecular formula is C16H36N4. The van der Waals surface area contributed by atoms with Crippen molar-refractivity contribution < 1.29 is 0 Å². The van der Waals surface area contributed by atoms with Crippen LogP contribution in [0, 0.1) is 0 Å². The van der Waals surface area contributed by atoms with Gasteiger partial charge in [-0.25, -0.2) is 0 Å². The van der Waals surface area contributed by atoms with Crippen molar-refractivity contribution in [3.05, 3.63) is 0 Å². The van der Waals surface area contributed by atoms with Gasteiger partial charge in [0.2, 0.25) is 0 Å². The summed E-state index contributed by atoms with van der Waals surface area (Å²) in [4.78, 5) is 7.60. The molecule has 20 heavy (non-hydrogen) atoms. The average molecular weight is 284 g/mol. The molecular weight excluding hydrogens is 248 g/mol. The Morgan fingerprint density at radius 2 is 1.60 bits per heavy atom. The van der Waals surface area contributed by atoms with Crippen LogP contribution in [-0.4, -0.2) is 79.6 Å². The summed E-state index contributed by atoms with van der Waals surface area (Å²) < 4.78 is 0. The number of hydrogen-bond donors (Lipinski definition) is 1. The van der Waals surface area contributed by atoms with Crippen LogP contribution in [0.3, 0.4) is 0 Å². The molecule has 0 spiro atoms. The maximum Gasteiger partial charge on any atom is 0.0355 e. The molecule has 0 bridgehead atoms. The molecule has 0 aliphatic carbocycles. The zero-order valence-electron chi connectivity index (χ0n) is 14.2. The maximum atomic E-state index is 6.17. The van der Waals surface area contributed by atoms with Crippen LogP contribution >= 0.6 is 0 Å². The maximum absolute atomic E-state index is 6.17. The Balaban J connectivity index is 2.50. The highest BCUT2D eigenvalue weighted by Crippen LogP contribution is 2.27. The van der Waals surface area contributed by atoms with Crippen LogP contribution in [0.25, 0.3) is 0 Å². The van der Waals surface area contributed by atoms with Crippen molar-refractivity contribution in [1.29, 1.82) is 0 Å². The second-order valence-corrected chi connectivity index (χ2v) is 6.19. The van der Waals surface area contributed by atoms with E-state index in [1.165, 1.54) is 45.4 Å². The van der Waals surface area contributed by atoms with Crippen LogP contribution in [0.5, 0.6) is 0 Å². The number of rotatable bonds is 9.